The number of hydrogen-bond donors (Lipinski definition) is 6. The summed E-state index contributed by atoms with van der Waals surface area (Å²) in [6, 6.07) is -1.47. The number of rotatable bonds is 9. The number of unbranched alkanes of at least 4 members (excludes halogenated alkanes) is 1. The average molecular weight is 319 g/mol. The summed E-state index contributed by atoms with van der Waals surface area (Å²) in [4.78, 5) is 24.1. The first-order valence-corrected chi connectivity index (χ1v) is 7.10. The predicted octanol–water partition coefficient (Wildman–Crippen LogP) is -0.714. The zero-order valence-electron chi connectivity index (χ0n) is 13.2. The van der Waals surface area contributed by atoms with Crippen molar-refractivity contribution in [2.24, 2.45) is 33.8 Å². The molecule has 0 spiro atoms. The number of carboxylic acid groups (broad SMARTS) is 2. The van der Waals surface area contributed by atoms with Crippen LogP contribution >= 0.6 is 0 Å². The fraction of sp³-hybridized carbons (Fsp3) is 0.769. The van der Waals surface area contributed by atoms with E-state index in [2.05, 4.69) is 4.99 Å². The number of aliphatic carboxylic acids is 2. The SMILES string of the molecule is CC(C)C[C@H](N)C(=O)O.NC(N)=NCCCC[C@H](N)C(=O)O. The summed E-state index contributed by atoms with van der Waals surface area (Å²) in [5.41, 5.74) is 20.7. The van der Waals surface area contributed by atoms with Gasteiger partial charge >= 0.3 is 11.9 Å². The zero-order valence-corrected chi connectivity index (χ0v) is 13.2. The van der Waals surface area contributed by atoms with Gasteiger partial charge in [-0.15, -0.1) is 0 Å². The molecular weight excluding hydrogens is 290 g/mol. The third-order valence-electron chi connectivity index (χ3n) is 2.58. The molecule has 10 N–H and O–H groups in total. The van der Waals surface area contributed by atoms with E-state index in [1.807, 2.05) is 13.8 Å². The van der Waals surface area contributed by atoms with Crippen molar-refractivity contribution in [3.8, 4) is 0 Å². The quantitative estimate of drug-likeness (QED) is 0.182. The Balaban J connectivity index is 0. The highest BCUT2D eigenvalue weighted by Crippen LogP contribution is 2.01. The maximum absolute atomic E-state index is 10.3. The van der Waals surface area contributed by atoms with Crippen LogP contribution < -0.4 is 22.9 Å². The van der Waals surface area contributed by atoms with Gasteiger partial charge in [0, 0.05) is 6.54 Å². The number of hydrogen-bond acceptors (Lipinski definition) is 5. The van der Waals surface area contributed by atoms with E-state index in [0.29, 0.717) is 31.7 Å². The van der Waals surface area contributed by atoms with Crippen LogP contribution in [0.1, 0.15) is 39.5 Å². The number of nitrogens with zero attached hydrogens (tertiary/aromatic N) is 1. The lowest BCUT2D eigenvalue weighted by Gasteiger charge is -2.07. The van der Waals surface area contributed by atoms with Crippen molar-refractivity contribution >= 4 is 17.9 Å². The van der Waals surface area contributed by atoms with Crippen LogP contribution in [0.4, 0.5) is 0 Å². The summed E-state index contributed by atoms with van der Waals surface area (Å²) in [7, 11) is 0. The molecule has 0 radical (unpaired) electrons. The summed E-state index contributed by atoms with van der Waals surface area (Å²) in [5.74, 6) is -1.47. The molecule has 130 valence electrons. The van der Waals surface area contributed by atoms with E-state index in [1.165, 1.54) is 0 Å². The highest BCUT2D eigenvalue weighted by atomic mass is 16.4. The second-order valence-electron chi connectivity index (χ2n) is 5.32. The Labute approximate surface area is 130 Å². The molecule has 22 heavy (non-hydrogen) atoms. The number of carboxylic acids is 2. The molecule has 0 bridgehead atoms. The highest BCUT2D eigenvalue weighted by molar-refractivity contribution is 5.75. The number of carbonyl (C=O) groups is 2. The van der Waals surface area contributed by atoms with Crippen LogP contribution in [0.15, 0.2) is 4.99 Å². The van der Waals surface area contributed by atoms with Crippen LogP contribution in [0.2, 0.25) is 0 Å². The topological polar surface area (TPSA) is 191 Å². The molecule has 0 aliphatic rings. The van der Waals surface area contributed by atoms with Gasteiger partial charge in [-0.05, 0) is 31.6 Å². The van der Waals surface area contributed by atoms with Gasteiger partial charge in [-0.3, -0.25) is 14.6 Å². The van der Waals surface area contributed by atoms with Gasteiger partial charge in [-0.25, -0.2) is 0 Å². The van der Waals surface area contributed by atoms with Gasteiger partial charge in [0.1, 0.15) is 12.1 Å². The molecule has 0 saturated heterocycles. The Bertz CT molecular complexity index is 356. The van der Waals surface area contributed by atoms with Crippen LogP contribution in [-0.4, -0.2) is 46.7 Å². The van der Waals surface area contributed by atoms with Crippen molar-refractivity contribution in [2.75, 3.05) is 6.54 Å². The van der Waals surface area contributed by atoms with Crippen molar-refractivity contribution in [1.29, 1.82) is 0 Å². The van der Waals surface area contributed by atoms with Crippen LogP contribution in [0.3, 0.4) is 0 Å². The molecule has 0 fully saturated rings. The molecule has 9 nitrogen and oxygen atoms in total. The van der Waals surface area contributed by atoms with Crippen LogP contribution in [-0.2, 0) is 9.59 Å². The smallest absolute Gasteiger partial charge is 0.320 e. The van der Waals surface area contributed by atoms with Crippen molar-refractivity contribution in [2.45, 2.75) is 51.6 Å². The lowest BCUT2D eigenvalue weighted by atomic mass is 10.1. The maximum atomic E-state index is 10.3. The van der Waals surface area contributed by atoms with E-state index >= 15 is 0 Å². The van der Waals surface area contributed by atoms with Crippen molar-refractivity contribution in [3.05, 3.63) is 0 Å². The lowest BCUT2D eigenvalue weighted by molar-refractivity contribution is -0.139. The molecule has 0 aromatic heterocycles. The Kier molecular flexibility index (Phi) is 13.1. The van der Waals surface area contributed by atoms with E-state index in [9.17, 15) is 9.59 Å². The van der Waals surface area contributed by atoms with Crippen molar-refractivity contribution in [1.82, 2.24) is 0 Å². The second kappa shape index (κ2) is 12.8. The standard InChI is InChI=1S/C7H16N4O2.C6H13NO2/c8-5(6(12)13)3-1-2-4-11-7(9)10;1-4(2)3-5(7)6(8)9/h5H,1-4,8H2,(H,12,13)(H4,9,10,11);4-5H,3,7H2,1-2H3,(H,8,9)/t2*5-/m00/s1. The molecule has 0 aliphatic carbocycles. The molecule has 0 unspecified atom stereocenters. The Hall–Kier alpha value is -1.87. The molecule has 0 saturated carbocycles. The first-order chi connectivity index (χ1) is 10.1. The van der Waals surface area contributed by atoms with Gasteiger partial charge in [-0.2, -0.15) is 0 Å². The summed E-state index contributed by atoms with van der Waals surface area (Å²) < 4.78 is 0. The van der Waals surface area contributed by atoms with E-state index in [4.69, 9.17) is 33.1 Å². The average Bonchev–Trinajstić information content (AvgIpc) is 2.37. The zero-order chi connectivity index (χ0) is 17.7. The third-order valence-corrected chi connectivity index (χ3v) is 2.58. The van der Waals surface area contributed by atoms with Crippen molar-refractivity contribution < 1.29 is 19.8 Å². The highest BCUT2D eigenvalue weighted by Gasteiger charge is 2.12. The summed E-state index contributed by atoms with van der Waals surface area (Å²) in [5, 5.41) is 16.7. The van der Waals surface area contributed by atoms with Crippen LogP contribution in [0, 0.1) is 5.92 Å². The van der Waals surface area contributed by atoms with Gasteiger partial charge < -0.3 is 33.1 Å². The fourth-order valence-corrected chi connectivity index (χ4v) is 1.42. The molecular formula is C13H29N5O4. The van der Waals surface area contributed by atoms with E-state index in [0.717, 1.165) is 6.42 Å². The molecule has 0 aliphatic heterocycles. The van der Waals surface area contributed by atoms with Crippen LogP contribution in [0.5, 0.6) is 0 Å². The van der Waals surface area contributed by atoms with E-state index in [-0.39, 0.29) is 5.96 Å². The molecule has 0 heterocycles. The number of guanidine groups is 1. The largest absolute Gasteiger partial charge is 0.480 e. The second-order valence-corrected chi connectivity index (χ2v) is 5.32. The van der Waals surface area contributed by atoms with Gasteiger partial charge in [-0.1, -0.05) is 13.8 Å². The minimum atomic E-state index is -0.971. The molecule has 2 atom stereocenters. The molecule has 0 aromatic rings. The van der Waals surface area contributed by atoms with E-state index in [1.54, 1.807) is 0 Å². The van der Waals surface area contributed by atoms with E-state index < -0.39 is 24.0 Å². The minimum absolute atomic E-state index is 0.0579. The van der Waals surface area contributed by atoms with Gasteiger partial charge in [0.2, 0.25) is 0 Å². The third kappa shape index (κ3) is 16.2. The number of nitrogens with two attached hydrogens (primary N) is 4. The molecule has 0 aromatic carbocycles. The first kappa shape index (κ1) is 22.4. The molecule has 9 heteroatoms. The fourth-order valence-electron chi connectivity index (χ4n) is 1.42. The van der Waals surface area contributed by atoms with Crippen LogP contribution in [0.25, 0.3) is 0 Å². The Morgan fingerprint density at radius 3 is 1.82 bits per heavy atom. The van der Waals surface area contributed by atoms with Gasteiger partial charge in [0.05, 0.1) is 0 Å². The maximum Gasteiger partial charge on any atom is 0.320 e. The first-order valence-electron chi connectivity index (χ1n) is 7.10. The lowest BCUT2D eigenvalue weighted by Crippen LogP contribution is -2.31. The summed E-state index contributed by atoms with van der Waals surface area (Å²) in [6.45, 7) is 4.42. The Morgan fingerprint density at radius 1 is 1.00 bits per heavy atom. The monoisotopic (exact) mass is 319 g/mol. The summed E-state index contributed by atoms with van der Waals surface area (Å²) >= 11 is 0. The van der Waals surface area contributed by atoms with Crippen molar-refractivity contribution in [3.63, 3.8) is 0 Å². The summed E-state index contributed by atoms with van der Waals surface area (Å²) in [6.07, 6.45) is 2.47. The molecule has 0 amide bonds. The Morgan fingerprint density at radius 2 is 1.50 bits per heavy atom. The normalized spacial score (nSPS) is 12.8. The van der Waals surface area contributed by atoms with Gasteiger partial charge in [0.25, 0.3) is 0 Å². The molecule has 0 rings (SSSR count). The predicted molar refractivity (Wildman–Crippen MR) is 85.2 cm³/mol. The minimum Gasteiger partial charge on any atom is -0.480 e. The number of aliphatic imine (C=N–C) groups is 1. The van der Waals surface area contributed by atoms with Gasteiger partial charge in [0.15, 0.2) is 5.96 Å².